The third-order valence-corrected chi connectivity index (χ3v) is 5.50. The van der Waals surface area contributed by atoms with Gasteiger partial charge in [-0.3, -0.25) is 4.79 Å². The van der Waals surface area contributed by atoms with Crippen molar-refractivity contribution in [1.82, 2.24) is 15.5 Å². The van der Waals surface area contributed by atoms with Crippen LogP contribution < -0.4 is 10.6 Å². The topological polar surface area (TPSA) is 44.4 Å². The van der Waals surface area contributed by atoms with E-state index in [1.54, 1.807) is 0 Å². The summed E-state index contributed by atoms with van der Waals surface area (Å²) in [6.45, 7) is 12.1. The van der Waals surface area contributed by atoms with E-state index in [9.17, 15) is 4.79 Å². The Balaban J connectivity index is 0.00000242. The number of hydrogen-bond acceptors (Lipinski definition) is 3. The number of carbonyl (C=O) groups is 1. The molecular weight excluding hydrogens is 333 g/mol. The summed E-state index contributed by atoms with van der Waals surface area (Å²) in [6.07, 6.45) is 5.74. The Morgan fingerprint density at radius 1 is 1.26 bits per heavy atom. The van der Waals surface area contributed by atoms with Gasteiger partial charge in [-0.2, -0.15) is 0 Å². The zero-order chi connectivity index (χ0) is 15.3. The zero-order valence-electron chi connectivity index (χ0n) is 14.9. The van der Waals surface area contributed by atoms with Gasteiger partial charge in [0.15, 0.2) is 0 Å². The average molecular weight is 368 g/mol. The lowest BCUT2D eigenvalue weighted by Gasteiger charge is -2.24. The number of nitrogens with zero attached hydrogens (tertiary/aromatic N) is 1. The molecule has 4 nitrogen and oxygen atoms in total. The molecule has 2 N–H and O–H groups in total. The fourth-order valence-corrected chi connectivity index (χ4v) is 3.77. The third-order valence-electron chi connectivity index (χ3n) is 5.50. The van der Waals surface area contributed by atoms with Crippen molar-refractivity contribution < 1.29 is 4.79 Å². The quantitative estimate of drug-likeness (QED) is 0.693. The molecule has 1 saturated heterocycles. The summed E-state index contributed by atoms with van der Waals surface area (Å²) in [6, 6.07) is 0.312. The second-order valence-electron chi connectivity index (χ2n) is 6.95. The van der Waals surface area contributed by atoms with Crippen LogP contribution in [0.5, 0.6) is 0 Å². The van der Waals surface area contributed by atoms with Crippen LogP contribution in [0.1, 0.15) is 52.9 Å². The molecule has 2 aliphatic rings. The second kappa shape index (κ2) is 10.8. The van der Waals surface area contributed by atoms with Crippen molar-refractivity contribution in [3.05, 3.63) is 0 Å². The lowest BCUT2D eigenvalue weighted by Crippen LogP contribution is -2.37. The Bertz CT molecular complexity index is 345. The molecule has 0 bridgehead atoms. The summed E-state index contributed by atoms with van der Waals surface area (Å²) in [5, 5.41) is 6.64. The van der Waals surface area contributed by atoms with E-state index in [0.717, 1.165) is 45.6 Å². The molecule has 2 atom stereocenters. The number of rotatable bonds is 8. The first-order chi connectivity index (χ1) is 10.1. The van der Waals surface area contributed by atoms with Crippen molar-refractivity contribution in [2.45, 2.75) is 58.9 Å². The Morgan fingerprint density at radius 2 is 1.87 bits per heavy atom. The monoisotopic (exact) mass is 367 g/mol. The van der Waals surface area contributed by atoms with Gasteiger partial charge < -0.3 is 15.5 Å². The normalized spacial score (nSPS) is 22.9. The second-order valence-corrected chi connectivity index (χ2v) is 6.95. The van der Waals surface area contributed by atoms with Crippen LogP contribution in [0.25, 0.3) is 0 Å². The Kier molecular flexibility index (Phi) is 10.7. The fraction of sp³-hybridized carbons (Fsp3) is 0.941. The van der Waals surface area contributed by atoms with E-state index >= 15 is 0 Å². The van der Waals surface area contributed by atoms with E-state index in [1.165, 1.54) is 19.3 Å². The van der Waals surface area contributed by atoms with Crippen LogP contribution in [0.15, 0.2) is 0 Å². The van der Waals surface area contributed by atoms with Crippen molar-refractivity contribution in [1.29, 1.82) is 0 Å². The van der Waals surface area contributed by atoms with E-state index in [2.05, 4.69) is 36.3 Å². The van der Waals surface area contributed by atoms with Gasteiger partial charge in [0.05, 0.1) is 0 Å². The van der Waals surface area contributed by atoms with Gasteiger partial charge in [-0.15, -0.1) is 24.8 Å². The minimum absolute atomic E-state index is 0. The highest BCUT2D eigenvalue weighted by Crippen LogP contribution is 2.58. The van der Waals surface area contributed by atoms with Crippen molar-refractivity contribution in [3.63, 3.8) is 0 Å². The summed E-state index contributed by atoms with van der Waals surface area (Å²) >= 11 is 0. The smallest absolute Gasteiger partial charge is 0.223 e. The summed E-state index contributed by atoms with van der Waals surface area (Å²) < 4.78 is 0. The summed E-state index contributed by atoms with van der Waals surface area (Å²) in [4.78, 5) is 14.8. The molecule has 1 amide bonds. The molecule has 0 aromatic carbocycles. The highest BCUT2D eigenvalue weighted by Gasteiger charge is 2.57. The number of nitrogens with one attached hydrogen (secondary N) is 2. The number of halogens is 2. The van der Waals surface area contributed by atoms with Crippen LogP contribution in [0.2, 0.25) is 0 Å². The molecule has 2 fully saturated rings. The highest BCUT2D eigenvalue weighted by molar-refractivity contribution is 5.85. The Labute approximate surface area is 154 Å². The number of hydrogen-bond donors (Lipinski definition) is 2. The Morgan fingerprint density at radius 3 is 2.43 bits per heavy atom. The zero-order valence-corrected chi connectivity index (χ0v) is 16.5. The molecule has 1 heterocycles. The maximum atomic E-state index is 12.4. The summed E-state index contributed by atoms with van der Waals surface area (Å²) in [5.74, 6) is 0.608. The van der Waals surface area contributed by atoms with Crippen molar-refractivity contribution in [3.8, 4) is 0 Å². The summed E-state index contributed by atoms with van der Waals surface area (Å²) in [5.41, 5.74) is 0.357. The first-order valence-corrected chi connectivity index (χ1v) is 8.84. The van der Waals surface area contributed by atoms with E-state index < -0.39 is 0 Å². The van der Waals surface area contributed by atoms with E-state index in [0.29, 0.717) is 23.3 Å². The molecule has 1 aliphatic heterocycles. The molecule has 0 radical (unpaired) electrons. The molecule has 1 spiro atoms. The van der Waals surface area contributed by atoms with Gasteiger partial charge in [0.2, 0.25) is 5.91 Å². The van der Waals surface area contributed by atoms with E-state index in [4.69, 9.17) is 0 Å². The molecule has 2 rings (SSSR count). The Hall–Kier alpha value is -0.0300. The molecule has 138 valence electrons. The number of amides is 1. The van der Waals surface area contributed by atoms with Crippen LogP contribution in [0, 0.1) is 11.3 Å². The standard InChI is InChI=1S/C17H33N3O.2ClH/c1-4-20(5-2)12-6-7-14(3)19-16(21)15-13-17(15)8-10-18-11-9-17;;/h14-15,18H,4-13H2,1-3H3,(H,19,21);2*1H. The van der Waals surface area contributed by atoms with Crippen LogP contribution in [0.3, 0.4) is 0 Å². The number of piperidine rings is 1. The van der Waals surface area contributed by atoms with Crippen LogP contribution in [-0.2, 0) is 4.79 Å². The molecule has 0 aromatic rings. The highest BCUT2D eigenvalue weighted by atomic mass is 35.5. The molecule has 6 heteroatoms. The van der Waals surface area contributed by atoms with Crippen molar-refractivity contribution in [2.75, 3.05) is 32.7 Å². The van der Waals surface area contributed by atoms with Gasteiger partial charge in [0, 0.05) is 12.0 Å². The molecule has 1 aliphatic carbocycles. The molecule has 2 unspecified atom stereocenters. The van der Waals surface area contributed by atoms with Gasteiger partial charge >= 0.3 is 0 Å². The first kappa shape index (κ1) is 23.0. The maximum Gasteiger partial charge on any atom is 0.223 e. The lowest BCUT2D eigenvalue weighted by molar-refractivity contribution is -0.123. The largest absolute Gasteiger partial charge is 0.353 e. The molecule has 23 heavy (non-hydrogen) atoms. The summed E-state index contributed by atoms with van der Waals surface area (Å²) in [7, 11) is 0. The van der Waals surface area contributed by atoms with Crippen LogP contribution in [-0.4, -0.2) is 49.6 Å². The molecule has 0 aromatic heterocycles. The maximum absolute atomic E-state index is 12.4. The SMILES string of the molecule is CCN(CC)CCCC(C)NC(=O)C1CC12CCNCC2.Cl.Cl. The third kappa shape index (κ3) is 6.41. The first-order valence-electron chi connectivity index (χ1n) is 8.84. The van der Waals surface area contributed by atoms with Crippen molar-refractivity contribution in [2.24, 2.45) is 11.3 Å². The van der Waals surface area contributed by atoms with Crippen LogP contribution in [0.4, 0.5) is 0 Å². The van der Waals surface area contributed by atoms with E-state index in [-0.39, 0.29) is 24.8 Å². The van der Waals surface area contributed by atoms with Gasteiger partial charge in [-0.05, 0) is 77.2 Å². The average Bonchev–Trinajstić information content (AvgIpc) is 3.18. The fourth-order valence-electron chi connectivity index (χ4n) is 3.77. The van der Waals surface area contributed by atoms with Crippen LogP contribution >= 0.6 is 24.8 Å². The minimum Gasteiger partial charge on any atom is -0.353 e. The number of carbonyl (C=O) groups excluding carboxylic acids is 1. The predicted molar refractivity (Wildman–Crippen MR) is 102 cm³/mol. The minimum atomic E-state index is 0. The van der Waals surface area contributed by atoms with Gasteiger partial charge in [0.1, 0.15) is 0 Å². The van der Waals surface area contributed by atoms with Gasteiger partial charge in [0.25, 0.3) is 0 Å². The van der Waals surface area contributed by atoms with Gasteiger partial charge in [-0.1, -0.05) is 13.8 Å². The predicted octanol–water partition coefficient (Wildman–Crippen LogP) is 2.85. The van der Waals surface area contributed by atoms with Crippen molar-refractivity contribution >= 4 is 30.7 Å². The lowest BCUT2D eigenvalue weighted by atomic mass is 9.91. The molecule has 1 saturated carbocycles. The van der Waals surface area contributed by atoms with Gasteiger partial charge in [-0.25, -0.2) is 0 Å². The van der Waals surface area contributed by atoms with E-state index in [1.807, 2.05) is 0 Å². The molecular formula is C17H35Cl2N3O.